The Balaban J connectivity index is 1.69. The molecule has 1 fully saturated rings. The molecule has 1 saturated heterocycles. The molecule has 3 aromatic rings. The fourth-order valence-electron chi connectivity index (χ4n) is 2.82. The van der Waals surface area contributed by atoms with E-state index in [2.05, 4.69) is 4.98 Å². The topological polar surface area (TPSA) is 90.7 Å². The van der Waals surface area contributed by atoms with E-state index in [0.29, 0.717) is 10.6 Å². The summed E-state index contributed by atoms with van der Waals surface area (Å²) in [6.07, 6.45) is 1.66. The van der Waals surface area contributed by atoms with Gasteiger partial charge < -0.3 is 10.2 Å². The Morgan fingerprint density at radius 1 is 1.14 bits per heavy atom. The number of anilines is 1. The van der Waals surface area contributed by atoms with Gasteiger partial charge in [-0.2, -0.15) is 0 Å². The van der Waals surface area contributed by atoms with Crippen molar-refractivity contribution in [3.63, 3.8) is 0 Å². The van der Waals surface area contributed by atoms with E-state index in [4.69, 9.17) is 12.2 Å². The minimum atomic E-state index is -1.29. The van der Waals surface area contributed by atoms with E-state index >= 15 is 0 Å². The number of aromatic hydroxyl groups is 1. The molecule has 6 nitrogen and oxygen atoms in total. The van der Waals surface area contributed by atoms with E-state index in [-0.39, 0.29) is 27.2 Å². The van der Waals surface area contributed by atoms with Crippen LogP contribution in [0.3, 0.4) is 0 Å². The zero-order valence-corrected chi connectivity index (χ0v) is 15.8. The number of carboxylic acid groups (broad SMARTS) is 1. The van der Waals surface area contributed by atoms with Crippen molar-refractivity contribution in [2.24, 2.45) is 0 Å². The van der Waals surface area contributed by atoms with Crippen LogP contribution in [-0.2, 0) is 4.79 Å². The lowest BCUT2D eigenvalue weighted by Crippen LogP contribution is -2.27. The Labute approximate surface area is 169 Å². The van der Waals surface area contributed by atoms with Gasteiger partial charge in [0.05, 0.1) is 21.8 Å². The molecule has 0 atom stereocenters. The third-order valence-corrected chi connectivity index (χ3v) is 5.46. The van der Waals surface area contributed by atoms with Gasteiger partial charge in [0.1, 0.15) is 11.3 Å². The molecule has 8 heteroatoms. The number of rotatable bonds is 3. The SMILES string of the molecule is O=C(O)c1cc(N2C(=O)/C(=C/c3ccc4ccccc4n3)SC2=S)ccc1O. The summed E-state index contributed by atoms with van der Waals surface area (Å²) in [6, 6.07) is 15.3. The molecule has 28 heavy (non-hydrogen) atoms. The monoisotopic (exact) mass is 408 g/mol. The summed E-state index contributed by atoms with van der Waals surface area (Å²) in [5, 5.41) is 19.8. The van der Waals surface area contributed by atoms with Crippen molar-refractivity contribution in [2.45, 2.75) is 0 Å². The van der Waals surface area contributed by atoms with Gasteiger partial charge in [-0.05, 0) is 36.4 Å². The number of phenols is 1. The summed E-state index contributed by atoms with van der Waals surface area (Å²) in [5.41, 5.74) is 1.42. The molecule has 1 aliphatic heterocycles. The number of aromatic nitrogens is 1. The van der Waals surface area contributed by atoms with Gasteiger partial charge >= 0.3 is 5.97 Å². The second kappa shape index (κ2) is 7.06. The lowest BCUT2D eigenvalue weighted by atomic mass is 10.1. The summed E-state index contributed by atoms with van der Waals surface area (Å²) in [4.78, 5) is 30.3. The largest absolute Gasteiger partial charge is 0.507 e. The second-order valence-electron chi connectivity index (χ2n) is 5.95. The molecule has 0 aliphatic carbocycles. The molecule has 2 N–H and O–H groups in total. The van der Waals surface area contributed by atoms with Crippen LogP contribution < -0.4 is 4.90 Å². The van der Waals surface area contributed by atoms with E-state index in [0.717, 1.165) is 22.7 Å². The molecular formula is C20H12N2O4S2. The first-order chi connectivity index (χ1) is 13.4. The quantitative estimate of drug-likeness (QED) is 0.499. The average Bonchev–Trinajstić information content (AvgIpc) is 2.95. The average molecular weight is 408 g/mol. The van der Waals surface area contributed by atoms with E-state index in [1.165, 1.54) is 23.1 Å². The fraction of sp³-hybridized carbons (Fsp3) is 0. The van der Waals surface area contributed by atoms with Crippen LogP contribution in [-0.4, -0.2) is 31.4 Å². The van der Waals surface area contributed by atoms with E-state index < -0.39 is 5.97 Å². The Morgan fingerprint density at radius 2 is 1.93 bits per heavy atom. The first-order valence-electron chi connectivity index (χ1n) is 8.14. The predicted molar refractivity (Wildman–Crippen MR) is 112 cm³/mol. The Kier molecular flexibility index (Phi) is 4.58. The maximum atomic E-state index is 12.9. The van der Waals surface area contributed by atoms with Gasteiger partial charge in [-0.3, -0.25) is 9.69 Å². The number of thioether (sulfide) groups is 1. The molecule has 0 unspecified atom stereocenters. The summed E-state index contributed by atoms with van der Waals surface area (Å²) < 4.78 is 0.277. The molecule has 0 bridgehead atoms. The fourth-order valence-corrected chi connectivity index (χ4v) is 4.10. The summed E-state index contributed by atoms with van der Waals surface area (Å²) >= 11 is 6.42. The molecule has 1 aliphatic rings. The number of fused-ring (bicyclic) bond motifs is 1. The van der Waals surface area contributed by atoms with E-state index in [1.807, 2.05) is 36.4 Å². The van der Waals surface area contributed by atoms with Gasteiger partial charge in [-0.25, -0.2) is 9.78 Å². The normalized spacial score (nSPS) is 15.6. The number of hydrogen-bond acceptors (Lipinski definition) is 6. The lowest BCUT2D eigenvalue weighted by Gasteiger charge is -2.15. The van der Waals surface area contributed by atoms with Crippen LogP contribution in [0.15, 0.2) is 59.5 Å². The molecule has 1 amide bonds. The maximum Gasteiger partial charge on any atom is 0.339 e. The molecule has 1 aromatic heterocycles. The van der Waals surface area contributed by atoms with Gasteiger partial charge in [0.2, 0.25) is 0 Å². The van der Waals surface area contributed by atoms with Crippen molar-refractivity contribution in [1.82, 2.24) is 4.98 Å². The zero-order chi connectivity index (χ0) is 19.8. The Hall–Kier alpha value is -3.23. The van der Waals surface area contributed by atoms with Gasteiger partial charge in [0, 0.05) is 5.39 Å². The summed E-state index contributed by atoms with van der Waals surface area (Å²) in [5.74, 6) is -2.04. The Morgan fingerprint density at radius 3 is 2.71 bits per heavy atom. The molecule has 138 valence electrons. The third kappa shape index (κ3) is 3.23. The molecule has 0 radical (unpaired) electrons. The van der Waals surface area contributed by atoms with E-state index in [1.54, 1.807) is 6.08 Å². The molecule has 4 rings (SSSR count). The number of amides is 1. The molecule has 2 heterocycles. The van der Waals surface area contributed by atoms with Crippen molar-refractivity contribution in [1.29, 1.82) is 0 Å². The molecule has 0 spiro atoms. The third-order valence-electron chi connectivity index (χ3n) is 4.16. The first kappa shape index (κ1) is 18.1. The minimum absolute atomic E-state index is 0.277. The van der Waals surface area contributed by atoms with Crippen LogP contribution in [0, 0.1) is 0 Å². The zero-order valence-electron chi connectivity index (χ0n) is 14.2. The van der Waals surface area contributed by atoms with Crippen LogP contribution >= 0.6 is 24.0 Å². The van der Waals surface area contributed by atoms with Crippen molar-refractivity contribution in [2.75, 3.05) is 4.90 Å². The number of pyridine rings is 1. The van der Waals surface area contributed by atoms with Crippen LogP contribution in [0.2, 0.25) is 0 Å². The van der Waals surface area contributed by atoms with Gasteiger partial charge in [0.15, 0.2) is 4.32 Å². The predicted octanol–water partition coefficient (Wildman–Crippen LogP) is 4.04. The van der Waals surface area contributed by atoms with Crippen LogP contribution in [0.25, 0.3) is 17.0 Å². The van der Waals surface area contributed by atoms with Crippen molar-refractivity contribution >= 4 is 62.8 Å². The van der Waals surface area contributed by atoms with Crippen LogP contribution in [0.1, 0.15) is 16.1 Å². The number of thiocarbonyl (C=S) groups is 1. The Bertz CT molecular complexity index is 1190. The lowest BCUT2D eigenvalue weighted by molar-refractivity contribution is -0.113. The smallest absolute Gasteiger partial charge is 0.339 e. The molecular weight excluding hydrogens is 396 g/mol. The first-order valence-corrected chi connectivity index (χ1v) is 9.36. The molecule has 2 aromatic carbocycles. The number of aromatic carboxylic acids is 1. The van der Waals surface area contributed by atoms with Crippen LogP contribution in [0.5, 0.6) is 5.75 Å². The highest BCUT2D eigenvalue weighted by atomic mass is 32.2. The van der Waals surface area contributed by atoms with Gasteiger partial charge in [-0.15, -0.1) is 0 Å². The second-order valence-corrected chi connectivity index (χ2v) is 7.63. The highest BCUT2D eigenvalue weighted by Gasteiger charge is 2.34. The van der Waals surface area contributed by atoms with Crippen molar-refractivity contribution in [3.05, 3.63) is 70.8 Å². The van der Waals surface area contributed by atoms with E-state index in [9.17, 15) is 19.8 Å². The number of nitrogens with zero attached hydrogens (tertiary/aromatic N) is 2. The summed E-state index contributed by atoms with van der Waals surface area (Å²) in [6.45, 7) is 0. The standard InChI is InChI=1S/C20H12N2O4S2/c23-16-8-7-13(10-14(16)19(25)26)22-18(24)17(28-20(22)27)9-12-6-5-11-3-1-2-4-15(11)21-12/h1-10,23H,(H,25,26)/b17-9-. The number of carboxylic acids is 1. The number of para-hydroxylation sites is 1. The minimum Gasteiger partial charge on any atom is -0.507 e. The van der Waals surface area contributed by atoms with Crippen LogP contribution in [0.4, 0.5) is 5.69 Å². The number of carbonyl (C=O) groups excluding carboxylic acids is 1. The highest BCUT2D eigenvalue weighted by Crippen LogP contribution is 2.37. The molecule has 0 saturated carbocycles. The van der Waals surface area contributed by atoms with Gasteiger partial charge in [0.25, 0.3) is 5.91 Å². The highest BCUT2D eigenvalue weighted by molar-refractivity contribution is 8.27. The number of carbonyl (C=O) groups is 2. The maximum absolute atomic E-state index is 12.9. The number of hydrogen-bond donors (Lipinski definition) is 2. The van der Waals surface area contributed by atoms with Crippen molar-refractivity contribution < 1.29 is 19.8 Å². The van der Waals surface area contributed by atoms with Gasteiger partial charge in [-0.1, -0.05) is 48.2 Å². The number of benzene rings is 2. The van der Waals surface area contributed by atoms with Crippen molar-refractivity contribution in [3.8, 4) is 5.75 Å². The summed E-state index contributed by atoms with van der Waals surface area (Å²) in [7, 11) is 0.